The third-order valence-electron chi connectivity index (χ3n) is 8.77. The minimum atomic E-state index is -0.430. The smallest absolute Gasteiger partial charge is 0.141 e. The number of fused-ring (bicyclic) bond motifs is 1. The van der Waals surface area contributed by atoms with Crippen molar-refractivity contribution in [2.24, 2.45) is 5.92 Å². The second kappa shape index (κ2) is 13.8. The molecule has 2 N–H and O–H groups in total. The first kappa shape index (κ1) is 30.6. The van der Waals surface area contributed by atoms with Crippen LogP contribution in [0, 0.1) is 11.7 Å². The van der Waals surface area contributed by atoms with Crippen LogP contribution in [0.3, 0.4) is 0 Å². The first-order valence-corrected chi connectivity index (χ1v) is 16.3. The number of benzene rings is 3. The van der Waals surface area contributed by atoms with Gasteiger partial charge in [0.15, 0.2) is 0 Å². The number of piperazine rings is 1. The molecule has 2 aliphatic rings. The van der Waals surface area contributed by atoms with E-state index in [0.29, 0.717) is 29.7 Å². The molecule has 46 heavy (non-hydrogen) atoms. The average Bonchev–Trinajstić information content (AvgIpc) is 3.75. The molecule has 1 saturated heterocycles. The van der Waals surface area contributed by atoms with Crippen LogP contribution in [-0.4, -0.2) is 74.8 Å². The van der Waals surface area contributed by atoms with E-state index in [1.54, 1.807) is 24.3 Å². The second-order valence-electron chi connectivity index (χ2n) is 12.4. The fraction of sp³-hybridized carbons (Fsp3) is 0.333. The van der Waals surface area contributed by atoms with Crippen LogP contribution in [0.4, 0.5) is 15.9 Å². The highest BCUT2D eigenvalue weighted by Gasteiger charge is 2.27. The lowest BCUT2D eigenvalue weighted by atomic mass is 10.1. The van der Waals surface area contributed by atoms with Crippen molar-refractivity contribution >= 4 is 34.0 Å². The average molecular weight is 641 g/mol. The van der Waals surface area contributed by atoms with E-state index in [-0.39, 0.29) is 12.4 Å². The molecule has 2 fully saturated rings. The van der Waals surface area contributed by atoms with Gasteiger partial charge in [0.05, 0.1) is 16.6 Å². The van der Waals surface area contributed by atoms with Crippen molar-refractivity contribution in [2.45, 2.75) is 32.1 Å². The van der Waals surface area contributed by atoms with Crippen LogP contribution in [0.25, 0.3) is 22.0 Å². The molecule has 5 aromatic rings. The van der Waals surface area contributed by atoms with E-state index in [1.165, 1.54) is 37.8 Å². The minimum absolute atomic E-state index is 0.210. The Morgan fingerprint density at radius 3 is 2.59 bits per heavy atom. The SMILES string of the molecule is OC(CN1CCN(CC2CC2)CC1)Cn1ccc(-c2ccc3ncnc(Nc4ccc(OCc5cccc(F)c5)c(Cl)c4)c3c2)c1. The topological polar surface area (TPSA) is 78.7 Å². The number of ether oxygens (including phenoxy) is 1. The van der Waals surface area contributed by atoms with Crippen molar-refractivity contribution in [3.8, 4) is 16.9 Å². The zero-order valence-electron chi connectivity index (χ0n) is 25.7. The first-order valence-electron chi connectivity index (χ1n) is 15.9. The fourth-order valence-corrected chi connectivity index (χ4v) is 6.34. The molecule has 8 nitrogen and oxygen atoms in total. The van der Waals surface area contributed by atoms with Gasteiger partial charge in [0.25, 0.3) is 0 Å². The van der Waals surface area contributed by atoms with Gasteiger partial charge in [0.1, 0.15) is 30.3 Å². The molecule has 1 saturated carbocycles. The highest BCUT2D eigenvalue weighted by molar-refractivity contribution is 6.32. The summed E-state index contributed by atoms with van der Waals surface area (Å²) in [6, 6.07) is 19.9. The van der Waals surface area contributed by atoms with Crippen LogP contribution in [-0.2, 0) is 13.2 Å². The summed E-state index contributed by atoms with van der Waals surface area (Å²) in [4.78, 5) is 13.9. The van der Waals surface area contributed by atoms with E-state index in [0.717, 1.165) is 65.4 Å². The fourth-order valence-electron chi connectivity index (χ4n) is 6.10. The Hall–Kier alpha value is -4.02. The van der Waals surface area contributed by atoms with Crippen molar-refractivity contribution in [1.82, 2.24) is 24.3 Å². The van der Waals surface area contributed by atoms with Crippen LogP contribution in [0.5, 0.6) is 5.75 Å². The third kappa shape index (κ3) is 7.67. The van der Waals surface area contributed by atoms with Crippen LogP contribution < -0.4 is 10.1 Å². The molecule has 2 aromatic heterocycles. The van der Waals surface area contributed by atoms with Gasteiger partial charge in [-0.05, 0) is 84.0 Å². The standard InChI is InChI=1S/C36H38ClFN6O2/c37-33-18-30(7-9-35(33)46-23-26-2-1-3-29(38)16-26)41-36-32-17-27(6-8-34(32)39-24-40-36)28-10-11-44(20-28)22-31(45)21-43-14-12-42(13-15-43)19-25-4-5-25/h1-3,6-11,16-18,20,24-25,31,45H,4-5,12-15,19,21-23H2,(H,39,40,41). The van der Waals surface area contributed by atoms with E-state index in [4.69, 9.17) is 16.3 Å². The number of halogens is 2. The predicted molar refractivity (Wildman–Crippen MR) is 180 cm³/mol. The van der Waals surface area contributed by atoms with Crippen molar-refractivity contribution in [2.75, 3.05) is 44.6 Å². The largest absolute Gasteiger partial charge is 0.487 e. The lowest BCUT2D eigenvalue weighted by Gasteiger charge is -2.35. The van der Waals surface area contributed by atoms with Gasteiger partial charge in [-0.3, -0.25) is 4.90 Å². The van der Waals surface area contributed by atoms with Crippen molar-refractivity contribution in [3.05, 3.63) is 102 Å². The summed E-state index contributed by atoms with van der Waals surface area (Å²) in [5, 5.41) is 15.5. The van der Waals surface area contributed by atoms with Gasteiger partial charge in [0, 0.05) is 69.3 Å². The molecule has 0 amide bonds. The zero-order chi connectivity index (χ0) is 31.5. The maximum absolute atomic E-state index is 13.5. The molecule has 7 rings (SSSR count). The number of aliphatic hydroxyl groups excluding tert-OH is 1. The second-order valence-corrected chi connectivity index (χ2v) is 12.8. The normalized spacial score (nSPS) is 16.5. The summed E-state index contributed by atoms with van der Waals surface area (Å²) in [7, 11) is 0. The first-order chi connectivity index (χ1) is 22.4. The maximum atomic E-state index is 13.5. The molecule has 1 aliphatic carbocycles. The van der Waals surface area contributed by atoms with Crippen molar-refractivity contribution in [3.63, 3.8) is 0 Å². The Kier molecular flexibility index (Phi) is 9.16. The van der Waals surface area contributed by atoms with E-state index >= 15 is 0 Å². The lowest BCUT2D eigenvalue weighted by Crippen LogP contribution is -2.49. The predicted octanol–water partition coefficient (Wildman–Crippen LogP) is 6.60. The van der Waals surface area contributed by atoms with Crippen LogP contribution >= 0.6 is 11.6 Å². The molecule has 0 spiro atoms. The number of nitrogens with one attached hydrogen (secondary N) is 1. The number of aromatic nitrogens is 3. The summed E-state index contributed by atoms with van der Waals surface area (Å²) >= 11 is 6.54. The highest BCUT2D eigenvalue weighted by Crippen LogP contribution is 2.33. The number of aliphatic hydroxyl groups is 1. The zero-order valence-corrected chi connectivity index (χ0v) is 26.4. The monoisotopic (exact) mass is 640 g/mol. The number of rotatable bonds is 12. The van der Waals surface area contributed by atoms with Gasteiger partial charge in [-0.2, -0.15) is 0 Å². The summed E-state index contributed by atoms with van der Waals surface area (Å²) < 4.78 is 21.4. The molecule has 10 heteroatoms. The summed E-state index contributed by atoms with van der Waals surface area (Å²) in [5.41, 5.74) is 4.37. The van der Waals surface area contributed by atoms with Gasteiger partial charge >= 0.3 is 0 Å². The number of hydrogen-bond acceptors (Lipinski definition) is 7. The van der Waals surface area contributed by atoms with Gasteiger partial charge in [-0.1, -0.05) is 29.8 Å². The number of anilines is 2. The Morgan fingerprint density at radius 2 is 1.78 bits per heavy atom. The van der Waals surface area contributed by atoms with Gasteiger partial charge < -0.3 is 24.6 Å². The Morgan fingerprint density at radius 1 is 0.935 bits per heavy atom. The highest BCUT2D eigenvalue weighted by atomic mass is 35.5. The van der Waals surface area contributed by atoms with Crippen molar-refractivity contribution in [1.29, 1.82) is 0 Å². The van der Waals surface area contributed by atoms with E-state index in [9.17, 15) is 9.50 Å². The van der Waals surface area contributed by atoms with Gasteiger partial charge in [-0.25, -0.2) is 14.4 Å². The Labute approximate surface area is 273 Å². The van der Waals surface area contributed by atoms with E-state index in [1.807, 2.05) is 18.3 Å². The molecule has 0 bridgehead atoms. The van der Waals surface area contributed by atoms with E-state index in [2.05, 4.69) is 54.0 Å². The molecular formula is C36H38ClFN6O2. The van der Waals surface area contributed by atoms with Crippen LogP contribution in [0.15, 0.2) is 85.5 Å². The quantitative estimate of drug-likeness (QED) is 0.159. The summed E-state index contributed by atoms with van der Waals surface area (Å²) in [6.07, 6.45) is 8.00. The molecule has 3 heterocycles. The minimum Gasteiger partial charge on any atom is -0.487 e. The summed E-state index contributed by atoms with van der Waals surface area (Å²) in [6.45, 7) is 6.95. The third-order valence-corrected chi connectivity index (χ3v) is 9.06. The summed E-state index contributed by atoms with van der Waals surface area (Å²) in [5.74, 6) is 1.79. The maximum Gasteiger partial charge on any atom is 0.141 e. The molecule has 1 aliphatic heterocycles. The number of β-amino-alcohol motifs (C(OH)–C–C–N with tert-alkyl or cyclic N) is 1. The van der Waals surface area contributed by atoms with Crippen molar-refractivity contribution < 1.29 is 14.2 Å². The lowest BCUT2D eigenvalue weighted by molar-refractivity contribution is 0.0632. The molecule has 238 valence electrons. The molecular weight excluding hydrogens is 603 g/mol. The molecule has 1 unspecified atom stereocenters. The molecule has 0 radical (unpaired) electrons. The molecule has 1 atom stereocenters. The molecule has 3 aromatic carbocycles. The Balaban J connectivity index is 0.985. The number of hydrogen-bond donors (Lipinski definition) is 2. The van der Waals surface area contributed by atoms with Crippen LogP contribution in [0.2, 0.25) is 5.02 Å². The Bertz CT molecular complexity index is 1800. The van der Waals surface area contributed by atoms with Gasteiger partial charge in [-0.15, -0.1) is 0 Å². The van der Waals surface area contributed by atoms with E-state index < -0.39 is 6.10 Å². The number of nitrogens with zero attached hydrogens (tertiary/aromatic N) is 5. The van der Waals surface area contributed by atoms with Crippen LogP contribution in [0.1, 0.15) is 18.4 Å². The van der Waals surface area contributed by atoms with Gasteiger partial charge in [0.2, 0.25) is 0 Å².